The van der Waals surface area contributed by atoms with Gasteiger partial charge in [0, 0.05) is 12.0 Å². The molecule has 4 heteroatoms. The number of aliphatic hydroxyl groups is 1. The monoisotopic (exact) mass is 562 g/mol. The van der Waals surface area contributed by atoms with Crippen LogP contribution < -0.4 is 4.74 Å². The van der Waals surface area contributed by atoms with Crippen molar-refractivity contribution in [2.24, 2.45) is 0 Å². The van der Waals surface area contributed by atoms with Crippen molar-refractivity contribution in [1.82, 2.24) is 0 Å². The zero-order valence-corrected chi connectivity index (χ0v) is 23.5. The molecule has 6 rings (SSSR count). The highest BCUT2D eigenvalue weighted by Gasteiger charge is 2.38. The standard InChI is InChI=1S/C39H30O4/c40-36(27-37(41)38(42)43-35-24-23-28-13-10-11-14-29(28)26-35)30-15-12-22-34(25-30)39(31-16-4-1-5-17-31,32-18-6-2-7-19-32)33-20-8-3-9-21-33/h1-26,37,41H,27H2. The Hall–Kier alpha value is -5.32. The molecular formula is C39H30O4. The van der Waals surface area contributed by atoms with Crippen LogP contribution in [0.15, 0.2) is 158 Å². The van der Waals surface area contributed by atoms with E-state index in [1.54, 1.807) is 18.2 Å². The summed E-state index contributed by atoms with van der Waals surface area (Å²) in [6.07, 6.45) is -2.00. The van der Waals surface area contributed by atoms with E-state index < -0.39 is 23.9 Å². The maximum absolute atomic E-state index is 13.5. The fourth-order valence-electron chi connectivity index (χ4n) is 5.78. The van der Waals surface area contributed by atoms with E-state index in [9.17, 15) is 14.7 Å². The van der Waals surface area contributed by atoms with Gasteiger partial charge in [0.1, 0.15) is 5.75 Å². The SMILES string of the molecule is O=C(CC(O)C(=O)Oc1ccc2ccccc2c1)c1cccc(C(c2ccccc2)(c2ccccc2)c2ccccc2)c1. The van der Waals surface area contributed by atoms with E-state index >= 15 is 0 Å². The maximum Gasteiger partial charge on any atom is 0.340 e. The van der Waals surface area contributed by atoms with Gasteiger partial charge in [-0.25, -0.2) is 4.79 Å². The fourth-order valence-corrected chi connectivity index (χ4v) is 5.78. The average Bonchev–Trinajstić information content (AvgIpc) is 3.07. The van der Waals surface area contributed by atoms with Crippen LogP contribution in [0.2, 0.25) is 0 Å². The van der Waals surface area contributed by atoms with Crippen LogP contribution >= 0.6 is 0 Å². The largest absolute Gasteiger partial charge is 0.425 e. The number of hydrogen-bond donors (Lipinski definition) is 1. The van der Waals surface area contributed by atoms with Gasteiger partial charge in [0.05, 0.1) is 5.41 Å². The molecule has 1 atom stereocenters. The Bertz CT molecular complexity index is 1770. The van der Waals surface area contributed by atoms with E-state index in [0.29, 0.717) is 11.3 Å². The Kier molecular flexibility index (Phi) is 7.94. The van der Waals surface area contributed by atoms with Gasteiger partial charge in [-0.2, -0.15) is 0 Å². The molecule has 0 aliphatic heterocycles. The fraction of sp³-hybridized carbons (Fsp3) is 0.0769. The molecular weight excluding hydrogens is 532 g/mol. The van der Waals surface area contributed by atoms with Gasteiger partial charge >= 0.3 is 5.97 Å². The molecule has 0 aliphatic carbocycles. The molecule has 1 N–H and O–H groups in total. The van der Waals surface area contributed by atoms with E-state index in [-0.39, 0.29) is 5.78 Å². The summed E-state index contributed by atoms with van der Waals surface area (Å²) in [4.78, 5) is 26.3. The molecule has 0 saturated carbocycles. The highest BCUT2D eigenvalue weighted by atomic mass is 16.5. The van der Waals surface area contributed by atoms with Crippen LogP contribution in [0.3, 0.4) is 0 Å². The molecule has 1 unspecified atom stereocenters. The van der Waals surface area contributed by atoms with E-state index in [4.69, 9.17) is 4.74 Å². The van der Waals surface area contributed by atoms with Gasteiger partial charge < -0.3 is 9.84 Å². The number of esters is 1. The first-order chi connectivity index (χ1) is 21.1. The van der Waals surface area contributed by atoms with Gasteiger partial charge in [0.15, 0.2) is 11.9 Å². The lowest BCUT2D eigenvalue weighted by Gasteiger charge is -2.37. The van der Waals surface area contributed by atoms with Crippen LogP contribution in [-0.2, 0) is 10.2 Å². The van der Waals surface area contributed by atoms with Gasteiger partial charge in [0.25, 0.3) is 0 Å². The Labute approximate surface area is 250 Å². The van der Waals surface area contributed by atoms with Crippen molar-refractivity contribution in [3.8, 4) is 5.75 Å². The van der Waals surface area contributed by atoms with Crippen LogP contribution in [0.4, 0.5) is 0 Å². The smallest absolute Gasteiger partial charge is 0.340 e. The van der Waals surface area contributed by atoms with Crippen molar-refractivity contribution in [2.45, 2.75) is 17.9 Å². The Morgan fingerprint density at radius 2 is 1.07 bits per heavy atom. The second-order valence-electron chi connectivity index (χ2n) is 10.5. The molecule has 0 aromatic heterocycles. The van der Waals surface area contributed by atoms with Crippen LogP contribution in [-0.4, -0.2) is 23.0 Å². The van der Waals surface area contributed by atoms with Crippen molar-refractivity contribution >= 4 is 22.5 Å². The number of ether oxygens (including phenoxy) is 1. The number of benzene rings is 6. The molecule has 0 bridgehead atoms. The van der Waals surface area contributed by atoms with Crippen molar-refractivity contribution in [2.75, 3.05) is 0 Å². The zero-order valence-electron chi connectivity index (χ0n) is 23.5. The van der Waals surface area contributed by atoms with Crippen LogP contribution in [0.25, 0.3) is 10.8 Å². The number of aliphatic hydroxyl groups excluding tert-OH is 1. The van der Waals surface area contributed by atoms with E-state index in [1.165, 1.54) is 0 Å². The van der Waals surface area contributed by atoms with Gasteiger partial charge in [0.2, 0.25) is 0 Å². The summed E-state index contributed by atoms with van der Waals surface area (Å²) < 4.78 is 5.43. The van der Waals surface area contributed by atoms with Crippen molar-refractivity contribution in [1.29, 1.82) is 0 Å². The molecule has 0 spiro atoms. The summed E-state index contributed by atoms with van der Waals surface area (Å²) in [5, 5.41) is 12.6. The van der Waals surface area contributed by atoms with E-state index in [2.05, 4.69) is 36.4 Å². The summed E-state index contributed by atoms with van der Waals surface area (Å²) >= 11 is 0. The third-order valence-corrected chi connectivity index (χ3v) is 7.83. The Morgan fingerprint density at radius 3 is 1.65 bits per heavy atom. The molecule has 0 aliphatic rings. The first kappa shape index (κ1) is 27.8. The highest BCUT2D eigenvalue weighted by Crippen LogP contribution is 2.45. The summed E-state index contributed by atoms with van der Waals surface area (Å²) in [6.45, 7) is 0. The van der Waals surface area contributed by atoms with Gasteiger partial charge in [-0.1, -0.05) is 140 Å². The lowest BCUT2D eigenvalue weighted by atomic mass is 9.65. The quantitative estimate of drug-likeness (QED) is 0.0847. The predicted molar refractivity (Wildman–Crippen MR) is 169 cm³/mol. The lowest BCUT2D eigenvalue weighted by Crippen LogP contribution is -2.31. The van der Waals surface area contributed by atoms with E-state index in [1.807, 2.05) is 103 Å². The number of ketones is 1. The van der Waals surface area contributed by atoms with Gasteiger partial charge in [-0.05, 0) is 51.2 Å². The molecule has 0 heterocycles. The van der Waals surface area contributed by atoms with Crippen LogP contribution in [0.1, 0.15) is 39.0 Å². The Morgan fingerprint density at radius 1 is 0.558 bits per heavy atom. The van der Waals surface area contributed by atoms with Gasteiger partial charge in [-0.15, -0.1) is 0 Å². The summed E-state index contributed by atoms with van der Waals surface area (Å²) in [6, 6.07) is 51.1. The van der Waals surface area contributed by atoms with Crippen LogP contribution in [0.5, 0.6) is 5.75 Å². The Balaban J connectivity index is 1.33. The second kappa shape index (κ2) is 12.3. The predicted octanol–water partition coefficient (Wildman–Crippen LogP) is 7.76. The topological polar surface area (TPSA) is 63.6 Å². The second-order valence-corrected chi connectivity index (χ2v) is 10.5. The van der Waals surface area contributed by atoms with E-state index in [0.717, 1.165) is 33.0 Å². The maximum atomic E-state index is 13.5. The highest BCUT2D eigenvalue weighted by molar-refractivity contribution is 5.99. The molecule has 6 aromatic carbocycles. The minimum absolute atomic E-state index is 0.315. The number of Topliss-reactive ketones (excluding diaryl/α,β-unsaturated/α-hetero) is 1. The normalized spacial score (nSPS) is 12.0. The summed E-state index contributed by atoms with van der Waals surface area (Å²) in [5.41, 5.74) is 3.74. The van der Waals surface area contributed by atoms with Crippen molar-refractivity contribution in [3.05, 3.63) is 186 Å². The molecule has 0 amide bonds. The third-order valence-electron chi connectivity index (χ3n) is 7.83. The van der Waals surface area contributed by atoms with Gasteiger partial charge in [-0.3, -0.25) is 4.79 Å². The third kappa shape index (κ3) is 5.61. The molecule has 43 heavy (non-hydrogen) atoms. The molecule has 0 radical (unpaired) electrons. The molecule has 210 valence electrons. The minimum atomic E-state index is -1.61. The molecule has 0 saturated heterocycles. The minimum Gasteiger partial charge on any atom is -0.425 e. The molecule has 0 fully saturated rings. The zero-order chi connectivity index (χ0) is 29.6. The van der Waals surface area contributed by atoms with Crippen molar-refractivity contribution < 1.29 is 19.4 Å². The molecule has 6 aromatic rings. The number of carbonyl (C=O) groups is 2. The number of hydrogen-bond acceptors (Lipinski definition) is 4. The number of carbonyl (C=O) groups excluding carboxylic acids is 2. The number of fused-ring (bicyclic) bond motifs is 1. The summed E-state index contributed by atoms with van der Waals surface area (Å²) in [7, 11) is 0. The average molecular weight is 563 g/mol. The van der Waals surface area contributed by atoms with Crippen molar-refractivity contribution in [3.63, 3.8) is 0 Å². The van der Waals surface area contributed by atoms with Crippen LogP contribution in [0, 0.1) is 0 Å². The first-order valence-corrected chi connectivity index (χ1v) is 14.2. The number of rotatable bonds is 9. The first-order valence-electron chi connectivity index (χ1n) is 14.2. The lowest BCUT2D eigenvalue weighted by molar-refractivity contribution is -0.143. The molecule has 4 nitrogen and oxygen atoms in total. The summed E-state index contributed by atoms with van der Waals surface area (Å²) in [5.74, 6) is -0.907.